The Hall–Kier alpha value is -2.74. The summed E-state index contributed by atoms with van der Waals surface area (Å²) in [7, 11) is 0. The average Bonchev–Trinajstić information content (AvgIpc) is 2.61. The number of carbonyl (C=O) groups excluding carboxylic acids is 3. The zero-order valence-corrected chi connectivity index (χ0v) is 14.6. The maximum Gasteiger partial charge on any atom is 0.339 e. The molecule has 136 valence electrons. The van der Waals surface area contributed by atoms with Gasteiger partial charge >= 0.3 is 5.97 Å². The van der Waals surface area contributed by atoms with Gasteiger partial charge in [-0.3, -0.25) is 9.59 Å². The maximum atomic E-state index is 13.1. The van der Waals surface area contributed by atoms with Crippen LogP contribution in [0.25, 0.3) is 0 Å². The molecule has 1 amide bonds. The van der Waals surface area contributed by atoms with E-state index in [9.17, 15) is 23.2 Å². The third-order valence-electron chi connectivity index (χ3n) is 3.08. The SMILES string of the molecule is CC(=O)CSc1ccccc1C(=O)OCC(=O)Nc1ccc(F)c(F)c1. The molecule has 5 nitrogen and oxygen atoms in total. The topological polar surface area (TPSA) is 72.5 Å². The van der Waals surface area contributed by atoms with Crippen molar-refractivity contribution in [2.75, 3.05) is 17.7 Å². The number of benzene rings is 2. The van der Waals surface area contributed by atoms with Gasteiger partial charge in [0, 0.05) is 16.6 Å². The first-order chi connectivity index (χ1) is 12.4. The van der Waals surface area contributed by atoms with Crippen LogP contribution in [0.4, 0.5) is 14.5 Å². The lowest BCUT2D eigenvalue weighted by molar-refractivity contribution is -0.119. The molecule has 0 saturated heterocycles. The van der Waals surface area contributed by atoms with Crippen molar-refractivity contribution in [3.63, 3.8) is 0 Å². The van der Waals surface area contributed by atoms with E-state index in [1.54, 1.807) is 18.2 Å². The zero-order valence-electron chi connectivity index (χ0n) is 13.8. The molecule has 0 bridgehead atoms. The molecule has 0 aromatic heterocycles. The van der Waals surface area contributed by atoms with Gasteiger partial charge in [-0.05, 0) is 31.2 Å². The molecule has 2 aromatic carbocycles. The number of halogens is 2. The van der Waals surface area contributed by atoms with Crippen molar-refractivity contribution in [1.82, 2.24) is 0 Å². The van der Waals surface area contributed by atoms with Crippen molar-refractivity contribution in [1.29, 1.82) is 0 Å². The van der Waals surface area contributed by atoms with Crippen molar-refractivity contribution in [2.24, 2.45) is 0 Å². The normalized spacial score (nSPS) is 10.3. The van der Waals surface area contributed by atoms with E-state index in [0.29, 0.717) is 4.90 Å². The van der Waals surface area contributed by atoms with Gasteiger partial charge in [0.25, 0.3) is 5.91 Å². The number of carbonyl (C=O) groups is 3. The van der Waals surface area contributed by atoms with Crippen LogP contribution in [0.1, 0.15) is 17.3 Å². The van der Waals surface area contributed by atoms with Gasteiger partial charge in [-0.2, -0.15) is 0 Å². The summed E-state index contributed by atoms with van der Waals surface area (Å²) in [5, 5.41) is 2.30. The molecule has 0 atom stereocenters. The summed E-state index contributed by atoms with van der Waals surface area (Å²) in [5.41, 5.74) is 0.279. The van der Waals surface area contributed by atoms with Crippen LogP contribution in [0.15, 0.2) is 47.4 Å². The van der Waals surface area contributed by atoms with Gasteiger partial charge in [0.1, 0.15) is 5.78 Å². The quantitative estimate of drug-likeness (QED) is 0.589. The molecule has 0 fully saturated rings. The number of ether oxygens (including phenoxy) is 1. The summed E-state index contributed by atoms with van der Waals surface area (Å²) in [6.07, 6.45) is 0. The second-order valence-corrected chi connectivity index (χ2v) is 6.26. The van der Waals surface area contributed by atoms with E-state index >= 15 is 0 Å². The Morgan fingerprint density at radius 1 is 1.08 bits per heavy atom. The van der Waals surface area contributed by atoms with Crippen molar-refractivity contribution >= 4 is 35.1 Å². The maximum absolute atomic E-state index is 13.1. The smallest absolute Gasteiger partial charge is 0.339 e. The predicted octanol–water partition coefficient (Wildman–Crippen LogP) is 3.44. The summed E-state index contributed by atoms with van der Waals surface area (Å²) in [6, 6.07) is 9.43. The number of esters is 1. The highest BCUT2D eigenvalue weighted by Crippen LogP contribution is 2.23. The molecule has 0 aliphatic carbocycles. The van der Waals surface area contributed by atoms with Crippen LogP contribution in [-0.2, 0) is 14.3 Å². The number of Topliss-reactive ketones (excluding diaryl/α,β-unsaturated/α-hetero) is 1. The second kappa shape index (κ2) is 9.10. The number of anilines is 1. The molecular formula is C18H15F2NO4S. The fraction of sp³-hybridized carbons (Fsp3) is 0.167. The van der Waals surface area contributed by atoms with E-state index in [1.165, 1.54) is 30.8 Å². The van der Waals surface area contributed by atoms with Crippen molar-refractivity contribution in [2.45, 2.75) is 11.8 Å². The average molecular weight is 379 g/mol. The van der Waals surface area contributed by atoms with Crippen LogP contribution < -0.4 is 5.32 Å². The number of rotatable bonds is 7. The van der Waals surface area contributed by atoms with Gasteiger partial charge in [0.15, 0.2) is 18.2 Å². The minimum absolute atomic E-state index is 0.0379. The minimum Gasteiger partial charge on any atom is -0.452 e. The molecule has 2 aromatic rings. The van der Waals surface area contributed by atoms with Crippen molar-refractivity contribution in [3.8, 4) is 0 Å². The number of thioether (sulfide) groups is 1. The molecule has 26 heavy (non-hydrogen) atoms. The van der Waals surface area contributed by atoms with E-state index in [2.05, 4.69) is 5.32 Å². The Kier molecular flexibility index (Phi) is 6.85. The zero-order chi connectivity index (χ0) is 19.1. The van der Waals surface area contributed by atoms with Crippen molar-refractivity contribution in [3.05, 3.63) is 59.7 Å². The number of hydrogen-bond acceptors (Lipinski definition) is 5. The largest absolute Gasteiger partial charge is 0.452 e. The highest BCUT2D eigenvalue weighted by Gasteiger charge is 2.15. The highest BCUT2D eigenvalue weighted by atomic mass is 32.2. The molecule has 0 spiro atoms. The minimum atomic E-state index is -1.10. The summed E-state index contributed by atoms with van der Waals surface area (Å²) in [5.74, 6) is -3.38. The fourth-order valence-corrected chi connectivity index (χ4v) is 2.76. The second-order valence-electron chi connectivity index (χ2n) is 5.24. The van der Waals surface area contributed by atoms with Crippen LogP contribution in [0, 0.1) is 11.6 Å². The van der Waals surface area contributed by atoms with Crippen LogP contribution in [0.3, 0.4) is 0 Å². The fourth-order valence-electron chi connectivity index (χ4n) is 1.92. The van der Waals surface area contributed by atoms with Gasteiger partial charge in [0.2, 0.25) is 0 Å². The molecule has 0 unspecified atom stereocenters. The van der Waals surface area contributed by atoms with Gasteiger partial charge in [-0.15, -0.1) is 11.8 Å². The number of amides is 1. The molecule has 0 saturated carbocycles. The van der Waals surface area contributed by atoms with Crippen molar-refractivity contribution < 1.29 is 27.9 Å². The summed E-state index contributed by atoms with van der Waals surface area (Å²) in [6.45, 7) is 0.847. The summed E-state index contributed by atoms with van der Waals surface area (Å²) in [4.78, 5) is 35.6. The van der Waals surface area contributed by atoms with Crippen LogP contribution >= 0.6 is 11.8 Å². The number of nitrogens with one attached hydrogen (secondary N) is 1. The first-order valence-electron chi connectivity index (χ1n) is 7.50. The molecular weight excluding hydrogens is 364 g/mol. The Balaban J connectivity index is 1.94. The monoisotopic (exact) mass is 379 g/mol. The van der Waals surface area contributed by atoms with Gasteiger partial charge < -0.3 is 10.1 Å². The standard InChI is InChI=1S/C18H15F2NO4S/c1-11(22)10-26-16-5-3-2-4-13(16)18(24)25-9-17(23)21-12-6-7-14(19)15(20)8-12/h2-8H,9-10H2,1H3,(H,21,23). The Morgan fingerprint density at radius 2 is 1.81 bits per heavy atom. The molecule has 1 N–H and O–H groups in total. The van der Waals surface area contributed by atoms with E-state index < -0.39 is 30.1 Å². The van der Waals surface area contributed by atoms with Crippen LogP contribution in [0.2, 0.25) is 0 Å². The Labute approximate surface area is 152 Å². The molecule has 8 heteroatoms. The van der Waals surface area contributed by atoms with Gasteiger partial charge in [0.05, 0.1) is 11.3 Å². The van der Waals surface area contributed by atoms with E-state index in [0.717, 1.165) is 12.1 Å². The predicted molar refractivity (Wildman–Crippen MR) is 93.1 cm³/mol. The lowest BCUT2D eigenvalue weighted by Gasteiger charge is -2.09. The van der Waals surface area contributed by atoms with Gasteiger partial charge in [-0.25, -0.2) is 13.6 Å². The van der Waals surface area contributed by atoms with E-state index in [-0.39, 0.29) is 22.8 Å². The number of hydrogen-bond donors (Lipinski definition) is 1. The highest BCUT2D eigenvalue weighted by molar-refractivity contribution is 8.00. The van der Waals surface area contributed by atoms with Crippen LogP contribution in [0.5, 0.6) is 0 Å². The Morgan fingerprint density at radius 3 is 2.50 bits per heavy atom. The number of ketones is 1. The first kappa shape index (κ1) is 19.6. The summed E-state index contributed by atoms with van der Waals surface area (Å²) < 4.78 is 30.9. The third-order valence-corrected chi connectivity index (χ3v) is 4.29. The molecule has 0 aliphatic heterocycles. The molecule has 0 radical (unpaired) electrons. The van der Waals surface area contributed by atoms with E-state index in [4.69, 9.17) is 4.74 Å². The lowest BCUT2D eigenvalue weighted by Crippen LogP contribution is -2.21. The first-order valence-corrected chi connectivity index (χ1v) is 8.48. The molecule has 0 aliphatic rings. The summed E-state index contributed by atoms with van der Waals surface area (Å²) >= 11 is 1.20. The van der Waals surface area contributed by atoms with E-state index in [1.807, 2.05) is 0 Å². The van der Waals surface area contributed by atoms with Crippen LogP contribution in [-0.4, -0.2) is 30.0 Å². The lowest BCUT2D eigenvalue weighted by atomic mass is 10.2. The third kappa shape index (κ3) is 5.66. The molecule has 2 rings (SSSR count). The molecule has 0 heterocycles. The Bertz CT molecular complexity index is 842. The van der Waals surface area contributed by atoms with Gasteiger partial charge in [-0.1, -0.05) is 12.1 Å².